The molecule has 17 nitrogen and oxygen atoms in total. The van der Waals surface area contributed by atoms with E-state index in [1.54, 1.807) is 0 Å². The molecule has 2 unspecified atom stereocenters. The molecular weight excluding hydrogens is 1280 g/mol. The Morgan fingerprint density at radius 2 is 0.469 bits per heavy atom. The largest absolute Gasteiger partial charge is 0.472 e. The van der Waals surface area contributed by atoms with Crippen LogP contribution < -0.4 is 0 Å². The van der Waals surface area contributed by atoms with Crippen LogP contribution >= 0.6 is 15.6 Å². The van der Waals surface area contributed by atoms with Crippen LogP contribution in [0.15, 0.2) is 0 Å². The van der Waals surface area contributed by atoms with Gasteiger partial charge in [0, 0.05) is 25.7 Å². The number of carbonyl (C=O) groups excluding carboxylic acids is 4. The lowest BCUT2D eigenvalue weighted by atomic mass is 10.0. The molecule has 0 aromatic rings. The van der Waals surface area contributed by atoms with Crippen LogP contribution in [0.25, 0.3) is 0 Å². The van der Waals surface area contributed by atoms with Crippen LogP contribution in [-0.2, 0) is 65.4 Å². The van der Waals surface area contributed by atoms with Crippen molar-refractivity contribution in [3.05, 3.63) is 0 Å². The first-order valence-corrected chi connectivity index (χ1v) is 44.0. The molecule has 19 heteroatoms. The average molecular weight is 1440 g/mol. The van der Waals surface area contributed by atoms with Crippen molar-refractivity contribution in [3.63, 3.8) is 0 Å². The summed E-state index contributed by atoms with van der Waals surface area (Å²) in [5.41, 5.74) is 0. The Hall–Kier alpha value is -1.94. The first-order chi connectivity index (χ1) is 47.4. The number of phosphoric ester groups is 2. The summed E-state index contributed by atoms with van der Waals surface area (Å²) in [6.45, 7) is 9.56. The second-order valence-electron chi connectivity index (χ2n) is 29.4. The fraction of sp³-hybridized carbons (Fsp3) is 0.949. The fourth-order valence-electron chi connectivity index (χ4n) is 12.2. The van der Waals surface area contributed by atoms with Gasteiger partial charge in [-0.05, 0) is 37.5 Å². The molecule has 0 saturated carbocycles. The van der Waals surface area contributed by atoms with Gasteiger partial charge in [-0.2, -0.15) is 0 Å². The lowest BCUT2D eigenvalue weighted by molar-refractivity contribution is -0.161. The molecule has 0 spiro atoms. The quantitative estimate of drug-likeness (QED) is 0.0222. The number of unbranched alkanes of at least 4 members (excludes halogenated alkanes) is 48. The second-order valence-corrected chi connectivity index (χ2v) is 32.3. The van der Waals surface area contributed by atoms with E-state index in [2.05, 4.69) is 41.5 Å². The third kappa shape index (κ3) is 72.4. The van der Waals surface area contributed by atoms with Gasteiger partial charge in [0.25, 0.3) is 0 Å². The monoisotopic (exact) mass is 1440 g/mol. The van der Waals surface area contributed by atoms with Gasteiger partial charge in [0.15, 0.2) is 12.2 Å². The van der Waals surface area contributed by atoms with Crippen molar-refractivity contribution in [1.29, 1.82) is 0 Å². The highest BCUT2D eigenvalue weighted by Gasteiger charge is 2.30. The molecule has 98 heavy (non-hydrogen) atoms. The van der Waals surface area contributed by atoms with E-state index >= 15 is 0 Å². The Morgan fingerprint density at radius 3 is 0.694 bits per heavy atom. The van der Waals surface area contributed by atoms with Gasteiger partial charge in [0.1, 0.15) is 19.3 Å². The molecule has 0 rings (SSSR count). The van der Waals surface area contributed by atoms with Gasteiger partial charge in [0.05, 0.1) is 26.4 Å². The molecule has 0 radical (unpaired) electrons. The number of ether oxygens (including phenoxy) is 4. The highest BCUT2D eigenvalue weighted by Crippen LogP contribution is 2.45. The van der Waals surface area contributed by atoms with Gasteiger partial charge >= 0.3 is 39.5 Å². The van der Waals surface area contributed by atoms with Crippen molar-refractivity contribution in [2.45, 2.75) is 432 Å². The van der Waals surface area contributed by atoms with Gasteiger partial charge < -0.3 is 33.8 Å². The molecule has 0 aromatic heterocycles. The van der Waals surface area contributed by atoms with E-state index in [0.29, 0.717) is 31.6 Å². The Bertz CT molecular complexity index is 1890. The number of rotatable bonds is 78. The number of esters is 4. The highest BCUT2D eigenvalue weighted by molar-refractivity contribution is 7.47. The zero-order valence-electron chi connectivity index (χ0n) is 64.1. The molecular formula is C79H154O17P2. The Labute approximate surface area is 600 Å². The molecule has 3 N–H and O–H groups in total. The van der Waals surface area contributed by atoms with Gasteiger partial charge in [-0.25, -0.2) is 9.13 Å². The smallest absolute Gasteiger partial charge is 0.462 e. The molecule has 0 heterocycles. The molecule has 0 aromatic carbocycles. The molecule has 0 aliphatic carbocycles. The van der Waals surface area contributed by atoms with Crippen molar-refractivity contribution in [3.8, 4) is 0 Å². The van der Waals surface area contributed by atoms with Crippen molar-refractivity contribution in [1.82, 2.24) is 0 Å². The Kier molecular flexibility index (Phi) is 69.3. The Morgan fingerprint density at radius 1 is 0.276 bits per heavy atom. The van der Waals surface area contributed by atoms with Crippen molar-refractivity contribution >= 4 is 39.5 Å². The highest BCUT2D eigenvalue weighted by atomic mass is 31.2. The van der Waals surface area contributed by atoms with Gasteiger partial charge in [-0.15, -0.1) is 0 Å². The lowest BCUT2D eigenvalue weighted by Crippen LogP contribution is -2.30. The predicted molar refractivity (Wildman–Crippen MR) is 400 cm³/mol. The third-order valence-corrected chi connectivity index (χ3v) is 20.4. The molecule has 0 aliphatic heterocycles. The molecule has 582 valence electrons. The maximum atomic E-state index is 13.1. The summed E-state index contributed by atoms with van der Waals surface area (Å²) in [6.07, 6.45) is 59.8. The third-order valence-electron chi connectivity index (χ3n) is 18.5. The zero-order valence-corrected chi connectivity index (χ0v) is 65.9. The number of aliphatic hydroxyl groups is 1. The molecule has 0 amide bonds. The first-order valence-electron chi connectivity index (χ1n) is 41.0. The van der Waals surface area contributed by atoms with Crippen LogP contribution in [0, 0.1) is 11.8 Å². The number of aliphatic hydroxyl groups excluding tert-OH is 1. The maximum absolute atomic E-state index is 13.1. The van der Waals surface area contributed by atoms with Crippen LogP contribution in [0.4, 0.5) is 0 Å². The molecule has 0 aliphatic rings. The first kappa shape index (κ1) is 96.1. The topological polar surface area (TPSA) is 237 Å². The fourth-order valence-corrected chi connectivity index (χ4v) is 13.8. The van der Waals surface area contributed by atoms with Crippen LogP contribution in [0.1, 0.15) is 414 Å². The van der Waals surface area contributed by atoms with Crippen LogP contribution in [0.3, 0.4) is 0 Å². The minimum Gasteiger partial charge on any atom is -0.462 e. The summed E-state index contributed by atoms with van der Waals surface area (Å²) in [4.78, 5) is 72.9. The molecule has 0 fully saturated rings. The summed E-state index contributed by atoms with van der Waals surface area (Å²) in [6, 6.07) is 0. The number of phosphoric acid groups is 2. The van der Waals surface area contributed by atoms with Crippen molar-refractivity contribution < 1.29 is 80.2 Å². The van der Waals surface area contributed by atoms with Gasteiger partial charge in [0.2, 0.25) is 0 Å². The average Bonchev–Trinajstić information content (AvgIpc) is 1.96. The summed E-state index contributed by atoms with van der Waals surface area (Å²) in [7, 11) is -9.92. The number of hydrogen-bond acceptors (Lipinski definition) is 15. The normalized spacial score (nSPS) is 13.9. The molecule has 5 atom stereocenters. The van der Waals surface area contributed by atoms with E-state index < -0.39 is 97.5 Å². The van der Waals surface area contributed by atoms with Crippen LogP contribution in [0.5, 0.6) is 0 Å². The van der Waals surface area contributed by atoms with Gasteiger partial charge in [-0.1, -0.05) is 363 Å². The standard InChI is InChI=1S/C79H154O17P2/c1-7-9-11-13-15-17-19-21-23-24-25-26-27-31-36-40-44-52-58-64-78(83)95-74(67-89-76(81)61-55-49-42-38-34-32-28-29-33-37-41-47-53-59-71(3)4)69-93-97(85,86)91-65-73(80)66-92-98(87,88)94-70-75(68-90-77(82)62-56-50-46-45-48-54-60-72(5)6)96-79(84)63-57-51-43-39-35-30-22-20-18-16-14-12-10-8-2/h71-75,80H,7-70H2,1-6H3,(H,85,86)(H,87,88)/t73-,74-,75-/m1/s1. The summed E-state index contributed by atoms with van der Waals surface area (Å²) >= 11 is 0. The summed E-state index contributed by atoms with van der Waals surface area (Å²) < 4.78 is 68.6. The van der Waals surface area contributed by atoms with Gasteiger partial charge in [-0.3, -0.25) is 37.3 Å². The minimum atomic E-state index is -4.96. The van der Waals surface area contributed by atoms with Crippen LogP contribution in [0.2, 0.25) is 0 Å². The number of hydrogen-bond donors (Lipinski definition) is 3. The molecule has 0 saturated heterocycles. The zero-order chi connectivity index (χ0) is 72.1. The minimum absolute atomic E-state index is 0.107. The van der Waals surface area contributed by atoms with Crippen LogP contribution in [-0.4, -0.2) is 96.7 Å². The molecule has 0 bridgehead atoms. The van der Waals surface area contributed by atoms with Crippen molar-refractivity contribution in [2.24, 2.45) is 11.8 Å². The maximum Gasteiger partial charge on any atom is 0.472 e. The van der Waals surface area contributed by atoms with E-state index in [9.17, 15) is 43.2 Å². The van der Waals surface area contributed by atoms with E-state index in [0.717, 1.165) is 102 Å². The lowest BCUT2D eigenvalue weighted by Gasteiger charge is -2.21. The van der Waals surface area contributed by atoms with E-state index in [1.807, 2.05) is 0 Å². The number of carbonyl (C=O) groups is 4. The summed E-state index contributed by atoms with van der Waals surface area (Å²) in [5.74, 6) is -0.642. The van der Waals surface area contributed by atoms with E-state index in [4.69, 9.17) is 37.0 Å². The predicted octanol–water partition coefficient (Wildman–Crippen LogP) is 23.5. The van der Waals surface area contributed by atoms with E-state index in [-0.39, 0.29) is 25.7 Å². The summed E-state index contributed by atoms with van der Waals surface area (Å²) in [5, 5.41) is 10.6. The van der Waals surface area contributed by atoms with E-state index in [1.165, 1.54) is 225 Å². The second kappa shape index (κ2) is 70.7. The SMILES string of the molecule is CCCCCCCCCCCCCCCCCCCCCC(=O)O[C@H](COC(=O)CCCCCCCCCCCCCCCC(C)C)COP(=O)(O)OC[C@@H](O)COP(=O)(O)OC[C@@H](COC(=O)CCCCCCCCC(C)C)OC(=O)CCCCCCCCCCCCCCCC. The Balaban J connectivity index is 5.22. The van der Waals surface area contributed by atoms with Crippen molar-refractivity contribution in [2.75, 3.05) is 39.6 Å².